The minimum absolute atomic E-state index is 0.0115. The van der Waals surface area contributed by atoms with E-state index < -0.39 is 0 Å². The Morgan fingerprint density at radius 2 is 1.14 bits per heavy atom. The molecule has 0 amide bonds. The molecule has 0 aromatic heterocycles. The van der Waals surface area contributed by atoms with Crippen molar-refractivity contribution in [3.8, 4) is 0 Å². The third kappa shape index (κ3) is 2.21. The first-order valence-electron chi connectivity index (χ1n) is 11.1. The van der Waals surface area contributed by atoms with E-state index in [2.05, 4.69) is 104 Å². The van der Waals surface area contributed by atoms with Crippen LogP contribution < -0.4 is 0 Å². The lowest BCUT2D eigenvalue weighted by molar-refractivity contribution is 0.241. The fourth-order valence-electron chi connectivity index (χ4n) is 5.96. The van der Waals surface area contributed by atoms with Gasteiger partial charge in [0.2, 0.25) is 0 Å². The quantitative estimate of drug-likeness (QED) is 0.398. The highest BCUT2D eigenvalue weighted by Gasteiger charge is 2.59. The zero-order valence-corrected chi connectivity index (χ0v) is 19.3. The highest BCUT2D eigenvalue weighted by molar-refractivity contribution is 5.75. The lowest BCUT2D eigenvalue weighted by Crippen LogP contribution is -2.49. The van der Waals surface area contributed by atoms with Crippen LogP contribution >= 0.6 is 0 Å². The lowest BCUT2D eigenvalue weighted by Gasteiger charge is -2.58. The first-order chi connectivity index (χ1) is 13.4. The van der Waals surface area contributed by atoms with Crippen molar-refractivity contribution in [3.05, 3.63) is 93.2 Å². The molecule has 5 aliphatic rings. The molecule has 5 rings (SSSR count). The molecule has 0 saturated heterocycles. The monoisotopic (exact) mass is 382 g/mol. The van der Waals surface area contributed by atoms with Crippen molar-refractivity contribution < 1.29 is 0 Å². The summed E-state index contributed by atoms with van der Waals surface area (Å²) in [6, 6.07) is 0. The molecule has 0 aromatic rings. The Hall–Kier alpha value is -2.08. The van der Waals surface area contributed by atoms with Crippen LogP contribution in [0.1, 0.15) is 61.8 Å². The van der Waals surface area contributed by atoms with Crippen LogP contribution in [0.4, 0.5) is 0 Å². The van der Waals surface area contributed by atoms with E-state index in [4.69, 9.17) is 0 Å². The molecule has 0 aromatic carbocycles. The van der Waals surface area contributed by atoms with Gasteiger partial charge >= 0.3 is 0 Å². The van der Waals surface area contributed by atoms with E-state index in [-0.39, 0.29) is 21.7 Å². The first-order valence-corrected chi connectivity index (χ1v) is 11.1. The van der Waals surface area contributed by atoms with Crippen molar-refractivity contribution in [2.45, 2.75) is 61.8 Å². The van der Waals surface area contributed by atoms with Gasteiger partial charge in [0.05, 0.1) is 0 Å². The highest BCUT2D eigenvalue weighted by Crippen LogP contribution is 2.69. The van der Waals surface area contributed by atoms with Crippen LogP contribution in [-0.2, 0) is 0 Å². The molecule has 0 saturated carbocycles. The van der Waals surface area contributed by atoms with Gasteiger partial charge in [-0.15, -0.1) is 0 Å². The molecule has 0 radical (unpaired) electrons. The van der Waals surface area contributed by atoms with E-state index in [9.17, 15) is 0 Å². The van der Waals surface area contributed by atoms with Gasteiger partial charge in [0.1, 0.15) is 0 Å². The number of hydrogen-bond acceptors (Lipinski definition) is 0. The summed E-state index contributed by atoms with van der Waals surface area (Å²) in [5.41, 5.74) is 12.2. The predicted molar refractivity (Wildman–Crippen MR) is 124 cm³/mol. The van der Waals surface area contributed by atoms with Crippen molar-refractivity contribution in [3.63, 3.8) is 0 Å². The van der Waals surface area contributed by atoms with Gasteiger partial charge in [-0.1, -0.05) is 104 Å². The van der Waals surface area contributed by atoms with Crippen molar-refractivity contribution in [2.75, 3.05) is 0 Å². The maximum absolute atomic E-state index is 2.54. The summed E-state index contributed by atoms with van der Waals surface area (Å²) in [5, 5.41) is 0. The topological polar surface area (TPSA) is 0 Å². The minimum Gasteiger partial charge on any atom is -0.0795 e. The maximum atomic E-state index is 2.54. The molecule has 0 heteroatoms. The molecule has 0 fully saturated rings. The van der Waals surface area contributed by atoms with Crippen LogP contribution in [0.3, 0.4) is 0 Å². The molecule has 29 heavy (non-hydrogen) atoms. The second-order valence-corrected chi connectivity index (χ2v) is 11.8. The predicted octanol–water partition coefficient (Wildman–Crippen LogP) is 7.96. The Morgan fingerprint density at radius 1 is 0.655 bits per heavy atom. The van der Waals surface area contributed by atoms with E-state index in [0.29, 0.717) is 0 Å². The Bertz CT molecular complexity index is 1090. The smallest absolute Gasteiger partial charge is 0.0315 e. The number of rotatable bonds is 0. The van der Waals surface area contributed by atoms with E-state index in [1.54, 1.807) is 11.1 Å². The molecule has 0 unspecified atom stereocenters. The van der Waals surface area contributed by atoms with Crippen molar-refractivity contribution in [2.24, 2.45) is 21.7 Å². The Labute approximate surface area is 176 Å². The number of hydrogen-bond donors (Lipinski definition) is 0. The van der Waals surface area contributed by atoms with Gasteiger partial charge < -0.3 is 0 Å². The van der Waals surface area contributed by atoms with E-state index in [1.807, 2.05) is 0 Å². The summed E-state index contributed by atoms with van der Waals surface area (Å²) in [5.74, 6) is 0. The first kappa shape index (κ1) is 18.9. The minimum atomic E-state index is -0.0227. The van der Waals surface area contributed by atoms with Gasteiger partial charge in [0.15, 0.2) is 0 Å². The summed E-state index contributed by atoms with van der Waals surface area (Å²) in [6.07, 6.45) is 20.6. The number of allylic oxidation sites excluding steroid dienone is 16. The van der Waals surface area contributed by atoms with Crippen LogP contribution in [0, 0.1) is 21.7 Å². The molecule has 0 aliphatic heterocycles. The van der Waals surface area contributed by atoms with Gasteiger partial charge in [0.25, 0.3) is 0 Å². The third-order valence-corrected chi connectivity index (χ3v) is 8.18. The molecule has 150 valence electrons. The molecule has 5 aliphatic carbocycles. The van der Waals surface area contributed by atoms with Gasteiger partial charge in [-0.3, -0.25) is 0 Å². The second kappa shape index (κ2) is 5.34. The van der Waals surface area contributed by atoms with Gasteiger partial charge in [-0.2, -0.15) is 0 Å². The summed E-state index contributed by atoms with van der Waals surface area (Å²) in [6.45, 7) is 19.0. The van der Waals surface area contributed by atoms with E-state index in [0.717, 1.165) is 6.42 Å². The SMILES string of the molecule is CC(C)(C)C1=CC2=C3C=CCC3=C3C=C(C(C)(C)C)C=C4C=CC(=C1)[C@@]2(C)[C@]43C. The van der Waals surface area contributed by atoms with Crippen LogP contribution in [0.2, 0.25) is 0 Å². The summed E-state index contributed by atoms with van der Waals surface area (Å²) >= 11 is 0. The van der Waals surface area contributed by atoms with Crippen LogP contribution in [0.15, 0.2) is 93.2 Å². The Kier molecular flexibility index (Phi) is 3.48. The van der Waals surface area contributed by atoms with Gasteiger partial charge in [-0.25, -0.2) is 0 Å². The number of fused-ring (bicyclic) bond motifs is 1. The summed E-state index contributed by atoms with van der Waals surface area (Å²) < 4.78 is 0. The summed E-state index contributed by atoms with van der Waals surface area (Å²) in [4.78, 5) is 0. The average Bonchev–Trinajstić information content (AvgIpc) is 3.07. The molecule has 0 N–H and O–H groups in total. The second-order valence-electron chi connectivity index (χ2n) is 11.8. The highest BCUT2D eigenvalue weighted by atomic mass is 14.6. The van der Waals surface area contributed by atoms with E-state index in [1.165, 1.54) is 33.4 Å². The molecule has 0 heterocycles. The molecule has 0 nitrogen and oxygen atoms in total. The fraction of sp³-hybridized carbons (Fsp3) is 0.448. The Balaban J connectivity index is 1.91. The zero-order chi connectivity index (χ0) is 21.0. The lowest BCUT2D eigenvalue weighted by atomic mass is 9.44. The maximum Gasteiger partial charge on any atom is 0.0315 e. The standard InChI is InChI=1S/C29H34/c1-26(2,3)20-14-18-12-13-19-15-21(27(4,5)6)17-25-23-11-9-10-22(23)24(16-20)28(18,7)29(19,25)8/h9-10,12-17H,11H2,1-8H3/t28-,29-/m1/s1. The molecule has 0 spiro atoms. The molecule has 2 atom stereocenters. The van der Waals surface area contributed by atoms with Crippen molar-refractivity contribution >= 4 is 0 Å². The van der Waals surface area contributed by atoms with Gasteiger partial charge in [0, 0.05) is 10.8 Å². The van der Waals surface area contributed by atoms with Crippen molar-refractivity contribution in [1.82, 2.24) is 0 Å². The normalized spacial score (nSPS) is 32.6. The van der Waals surface area contributed by atoms with Crippen LogP contribution in [0.5, 0.6) is 0 Å². The van der Waals surface area contributed by atoms with Crippen molar-refractivity contribution in [1.29, 1.82) is 0 Å². The summed E-state index contributed by atoms with van der Waals surface area (Å²) in [7, 11) is 0. The average molecular weight is 383 g/mol. The van der Waals surface area contributed by atoms with E-state index >= 15 is 0 Å². The molecule has 0 bridgehead atoms. The zero-order valence-electron chi connectivity index (χ0n) is 19.3. The Morgan fingerprint density at radius 3 is 1.66 bits per heavy atom. The van der Waals surface area contributed by atoms with Crippen LogP contribution in [-0.4, -0.2) is 0 Å². The fourth-order valence-corrected chi connectivity index (χ4v) is 5.96. The molecular formula is C29H34. The molecular weight excluding hydrogens is 348 g/mol. The van der Waals surface area contributed by atoms with Gasteiger partial charge in [-0.05, 0) is 61.8 Å². The van der Waals surface area contributed by atoms with Crippen LogP contribution in [0.25, 0.3) is 0 Å². The largest absolute Gasteiger partial charge is 0.0795 e. The third-order valence-electron chi connectivity index (χ3n) is 8.18.